The van der Waals surface area contributed by atoms with Crippen LogP contribution in [-0.4, -0.2) is 49.5 Å². The van der Waals surface area contributed by atoms with Gasteiger partial charge in [0.25, 0.3) is 0 Å². The summed E-state index contributed by atoms with van der Waals surface area (Å²) >= 11 is 0. The van der Waals surface area contributed by atoms with Crippen LogP contribution in [0.2, 0.25) is 0 Å². The smallest absolute Gasteiger partial charge is 0.337 e. The van der Waals surface area contributed by atoms with Gasteiger partial charge in [-0.1, -0.05) is 6.58 Å². The minimum Gasteiger partial charge on any atom is -1.00 e. The Morgan fingerprint density at radius 2 is 2.00 bits per heavy atom. The Morgan fingerprint density at radius 1 is 1.47 bits per heavy atom. The van der Waals surface area contributed by atoms with Crippen molar-refractivity contribution in [2.45, 2.75) is 13.3 Å². The number of ether oxygens (including phenoxy) is 1. The van der Waals surface area contributed by atoms with Crippen LogP contribution in [0.4, 0.5) is 0 Å². The molecule has 0 unspecified atom stereocenters. The highest BCUT2D eigenvalue weighted by molar-refractivity contribution is 5.86. The van der Waals surface area contributed by atoms with Crippen LogP contribution in [0.25, 0.3) is 0 Å². The molecule has 0 saturated carbocycles. The predicted molar refractivity (Wildman–Crippen MR) is 54.5 cm³/mol. The van der Waals surface area contributed by atoms with Crippen molar-refractivity contribution < 1.29 is 31.5 Å². The monoisotopic (exact) mass is 237 g/mol. The number of rotatable bonds is 6. The number of aliphatic hydroxyl groups excluding tert-OH is 1. The molecule has 5 heteroatoms. The maximum Gasteiger partial charge on any atom is 0.337 e. The first-order chi connectivity index (χ1) is 6.39. The number of hydrogen-bond donors (Lipinski definition) is 1. The van der Waals surface area contributed by atoms with Crippen molar-refractivity contribution >= 4 is 5.97 Å². The fourth-order valence-electron chi connectivity index (χ4n) is 0.920. The average molecular weight is 238 g/mol. The second-order valence-electron chi connectivity index (χ2n) is 4.08. The van der Waals surface area contributed by atoms with Crippen LogP contribution in [0.15, 0.2) is 12.2 Å². The highest BCUT2D eigenvalue weighted by Gasteiger charge is 2.16. The molecule has 0 aromatic heterocycles. The molecule has 0 aromatic carbocycles. The number of hydrogen-bond acceptors (Lipinski definition) is 3. The van der Waals surface area contributed by atoms with Crippen LogP contribution in [0.5, 0.6) is 0 Å². The molecule has 0 rings (SSSR count). The van der Waals surface area contributed by atoms with E-state index in [0.29, 0.717) is 23.2 Å². The Kier molecular flexibility index (Phi) is 8.62. The van der Waals surface area contributed by atoms with Gasteiger partial charge in [0.1, 0.15) is 0 Å². The summed E-state index contributed by atoms with van der Waals surface area (Å²) in [5.74, 6) is -0.361. The predicted octanol–water partition coefficient (Wildman–Crippen LogP) is -2.47. The van der Waals surface area contributed by atoms with Crippen LogP contribution in [-0.2, 0) is 9.53 Å². The summed E-state index contributed by atoms with van der Waals surface area (Å²) in [4.78, 5) is 11.1. The van der Waals surface area contributed by atoms with Gasteiger partial charge in [-0.2, -0.15) is 0 Å². The minimum absolute atomic E-state index is 0. The van der Waals surface area contributed by atoms with E-state index in [-0.39, 0.29) is 25.0 Å². The second kappa shape index (κ2) is 7.68. The van der Waals surface area contributed by atoms with Crippen molar-refractivity contribution in [1.29, 1.82) is 0 Å². The van der Waals surface area contributed by atoms with Gasteiger partial charge in [-0.3, -0.25) is 4.48 Å². The Morgan fingerprint density at radius 3 is 2.40 bits per heavy atom. The molecule has 0 heterocycles. The molecule has 4 nitrogen and oxygen atoms in total. The normalized spacial score (nSPS) is 10.4. The summed E-state index contributed by atoms with van der Waals surface area (Å²) in [6, 6.07) is 0. The Bertz CT molecular complexity index is 217. The van der Waals surface area contributed by atoms with E-state index in [0.717, 1.165) is 6.54 Å². The lowest BCUT2D eigenvalue weighted by Crippen LogP contribution is -3.00. The summed E-state index contributed by atoms with van der Waals surface area (Å²) in [7, 11) is 3.89. The molecule has 90 valence electrons. The number of carbonyl (C=O) groups is 1. The van der Waals surface area contributed by atoms with E-state index in [1.165, 1.54) is 0 Å². The van der Waals surface area contributed by atoms with E-state index in [9.17, 15) is 4.79 Å². The molecule has 0 aliphatic carbocycles. The van der Waals surface area contributed by atoms with Crippen LogP contribution in [0.1, 0.15) is 13.3 Å². The standard InChI is InChI=1S/C10H20NO3.ClH/c1-9(2)10(13)14-8-11(3,4)6-5-7-12;/h12H,1,5-8H2,2-4H3;1H/q+1;/p-1. The molecule has 0 bridgehead atoms. The first-order valence-electron chi connectivity index (χ1n) is 4.64. The maximum absolute atomic E-state index is 11.1. The summed E-state index contributed by atoms with van der Waals surface area (Å²) in [5, 5.41) is 8.66. The van der Waals surface area contributed by atoms with Crippen molar-refractivity contribution in [3.05, 3.63) is 12.2 Å². The topological polar surface area (TPSA) is 46.5 Å². The Hall–Kier alpha value is -0.580. The van der Waals surface area contributed by atoms with Crippen molar-refractivity contribution in [2.75, 3.05) is 34.0 Å². The van der Waals surface area contributed by atoms with E-state index in [1.54, 1.807) is 6.92 Å². The molecule has 0 saturated heterocycles. The highest BCUT2D eigenvalue weighted by atomic mass is 35.5. The molecular formula is C10H20ClNO3. The number of aliphatic hydroxyl groups is 1. The minimum atomic E-state index is -0.361. The van der Waals surface area contributed by atoms with Crippen LogP contribution in [0.3, 0.4) is 0 Å². The molecule has 0 fully saturated rings. The van der Waals surface area contributed by atoms with Gasteiger partial charge in [0.15, 0.2) is 0 Å². The molecule has 0 aromatic rings. The number of quaternary nitrogens is 1. The SMILES string of the molecule is C=C(C)C(=O)OC[N+](C)(C)CCCO.[Cl-]. The van der Waals surface area contributed by atoms with E-state index >= 15 is 0 Å². The summed E-state index contributed by atoms with van der Waals surface area (Å²) < 4.78 is 5.57. The Labute approximate surface area is 97.5 Å². The molecular weight excluding hydrogens is 218 g/mol. The zero-order valence-corrected chi connectivity index (χ0v) is 10.4. The summed E-state index contributed by atoms with van der Waals surface area (Å²) in [6.07, 6.45) is 0.706. The molecule has 15 heavy (non-hydrogen) atoms. The van der Waals surface area contributed by atoms with E-state index in [2.05, 4.69) is 6.58 Å². The first-order valence-corrected chi connectivity index (χ1v) is 4.64. The quantitative estimate of drug-likeness (QED) is 0.241. The number of carbonyl (C=O) groups excluding carboxylic acids is 1. The summed E-state index contributed by atoms with van der Waals surface area (Å²) in [5.41, 5.74) is 0.409. The third kappa shape index (κ3) is 8.42. The fourth-order valence-corrected chi connectivity index (χ4v) is 0.920. The van der Waals surface area contributed by atoms with Gasteiger partial charge >= 0.3 is 5.97 Å². The molecule has 0 spiro atoms. The zero-order chi connectivity index (χ0) is 11.2. The number of halogens is 1. The molecule has 0 amide bonds. The Balaban J connectivity index is 0. The average Bonchev–Trinajstić information content (AvgIpc) is 2.11. The van der Waals surface area contributed by atoms with Gasteiger partial charge in [0.2, 0.25) is 6.73 Å². The lowest BCUT2D eigenvalue weighted by Gasteiger charge is -2.28. The lowest BCUT2D eigenvalue weighted by atomic mass is 10.4. The lowest BCUT2D eigenvalue weighted by molar-refractivity contribution is -0.907. The van der Waals surface area contributed by atoms with Gasteiger partial charge in [0, 0.05) is 18.6 Å². The van der Waals surface area contributed by atoms with Gasteiger partial charge in [-0.15, -0.1) is 0 Å². The third-order valence-electron chi connectivity index (χ3n) is 1.82. The third-order valence-corrected chi connectivity index (χ3v) is 1.82. The molecule has 0 radical (unpaired) electrons. The van der Waals surface area contributed by atoms with Gasteiger partial charge in [-0.25, -0.2) is 4.79 Å². The van der Waals surface area contributed by atoms with Crippen LogP contribution < -0.4 is 12.4 Å². The zero-order valence-electron chi connectivity index (χ0n) is 9.62. The van der Waals surface area contributed by atoms with Crippen LogP contribution in [0, 0.1) is 0 Å². The van der Waals surface area contributed by atoms with Gasteiger partial charge in [-0.05, 0) is 6.92 Å². The van der Waals surface area contributed by atoms with Crippen molar-refractivity contribution in [2.24, 2.45) is 0 Å². The van der Waals surface area contributed by atoms with E-state index < -0.39 is 0 Å². The largest absolute Gasteiger partial charge is 1.00 e. The highest BCUT2D eigenvalue weighted by Crippen LogP contribution is 2.01. The van der Waals surface area contributed by atoms with Gasteiger partial charge in [0.05, 0.1) is 20.6 Å². The molecule has 0 aliphatic heterocycles. The van der Waals surface area contributed by atoms with Crippen molar-refractivity contribution in [3.8, 4) is 0 Å². The van der Waals surface area contributed by atoms with Crippen molar-refractivity contribution in [1.82, 2.24) is 0 Å². The van der Waals surface area contributed by atoms with E-state index in [4.69, 9.17) is 9.84 Å². The summed E-state index contributed by atoms with van der Waals surface area (Å²) in [6.45, 7) is 6.37. The number of nitrogens with zero attached hydrogens (tertiary/aromatic N) is 1. The van der Waals surface area contributed by atoms with E-state index in [1.807, 2.05) is 14.1 Å². The fraction of sp³-hybridized carbons (Fsp3) is 0.700. The first kappa shape index (κ1) is 16.8. The molecule has 0 aliphatic rings. The van der Waals surface area contributed by atoms with Crippen LogP contribution >= 0.6 is 0 Å². The number of esters is 1. The second-order valence-corrected chi connectivity index (χ2v) is 4.08. The molecule has 1 N–H and O–H groups in total. The molecule has 0 atom stereocenters. The maximum atomic E-state index is 11.1. The van der Waals surface area contributed by atoms with Crippen molar-refractivity contribution in [3.63, 3.8) is 0 Å². The van der Waals surface area contributed by atoms with Gasteiger partial charge < -0.3 is 22.3 Å².